The molecule has 0 saturated heterocycles. The zero-order chi connectivity index (χ0) is 6.85. The van der Waals surface area contributed by atoms with Gasteiger partial charge in [-0.2, -0.15) is 0 Å². The molecular formula is C7H16N2. The van der Waals surface area contributed by atoms with Gasteiger partial charge in [0.2, 0.25) is 0 Å². The summed E-state index contributed by atoms with van der Waals surface area (Å²) < 4.78 is 0. The van der Waals surface area contributed by atoms with Crippen LogP contribution in [0.4, 0.5) is 0 Å². The molecule has 0 heterocycles. The molecule has 0 aromatic heterocycles. The van der Waals surface area contributed by atoms with Gasteiger partial charge in [-0.05, 0) is 24.7 Å². The second kappa shape index (κ2) is 2.67. The molecule has 2 heteroatoms. The van der Waals surface area contributed by atoms with E-state index in [9.17, 15) is 0 Å². The van der Waals surface area contributed by atoms with Gasteiger partial charge in [-0.15, -0.1) is 0 Å². The highest BCUT2D eigenvalue weighted by Gasteiger charge is 2.37. The molecule has 0 aromatic carbocycles. The summed E-state index contributed by atoms with van der Waals surface area (Å²) in [4.78, 5) is 0. The van der Waals surface area contributed by atoms with Gasteiger partial charge in [-0.25, -0.2) is 0 Å². The van der Waals surface area contributed by atoms with E-state index in [1.54, 1.807) is 0 Å². The van der Waals surface area contributed by atoms with E-state index in [-0.39, 0.29) is 0 Å². The topological polar surface area (TPSA) is 38.0 Å². The number of hydrogen-bond acceptors (Lipinski definition) is 2. The standard InChI is InChI=1S/C7H16N2/c1-3-7(9-8)6-4-5(6)2/h5-7,9H,3-4,8H2,1-2H3. The molecule has 0 spiro atoms. The van der Waals surface area contributed by atoms with Crippen LogP contribution in [0.1, 0.15) is 26.7 Å². The lowest BCUT2D eigenvalue weighted by molar-refractivity contribution is 0.445. The second-order valence-electron chi connectivity index (χ2n) is 3.06. The third-order valence-electron chi connectivity index (χ3n) is 2.34. The SMILES string of the molecule is CCC(NN)C1CC1C. The lowest BCUT2D eigenvalue weighted by Gasteiger charge is -2.11. The summed E-state index contributed by atoms with van der Waals surface area (Å²) in [5.41, 5.74) is 2.84. The van der Waals surface area contributed by atoms with E-state index in [4.69, 9.17) is 5.84 Å². The third-order valence-corrected chi connectivity index (χ3v) is 2.34. The van der Waals surface area contributed by atoms with E-state index in [0.29, 0.717) is 6.04 Å². The van der Waals surface area contributed by atoms with Gasteiger partial charge in [-0.3, -0.25) is 11.3 Å². The van der Waals surface area contributed by atoms with Crippen molar-refractivity contribution in [3.63, 3.8) is 0 Å². The molecule has 3 N–H and O–H groups in total. The fourth-order valence-electron chi connectivity index (χ4n) is 1.46. The first-order chi connectivity index (χ1) is 4.29. The van der Waals surface area contributed by atoms with Crippen LogP contribution in [0, 0.1) is 11.8 Å². The van der Waals surface area contributed by atoms with Crippen LogP contribution in [0.3, 0.4) is 0 Å². The summed E-state index contributed by atoms with van der Waals surface area (Å²) in [6, 6.07) is 0.569. The number of nitrogens with two attached hydrogens (primary N) is 1. The fourth-order valence-corrected chi connectivity index (χ4v) is 1.46. The monoisotopic (exact) mass is 128 g/mol. The first-order valence-corrected chi connectivity index (χ1v) is 3.75. The Kier molecular flexibility index (Phi) is 2.09. The van der Waals surface area contributed by atoms with E-state index < -0.39 is 0 Å². The van der Waals surface area contributed by atoms with E-state index in [2.05, 4.69) is 19.3 Å². The molecule has 2 nitrogen and oxygen atoms in total. The molecule has 0 radical (unpaired) electrons. The Labute approximate surface area is 56.8 Å². The highest BCUT2D eigenvalue weighted by atomic mass is 15.2. The molecule has 0 bridgehead atoms. The van der Waals surface area contributed by atoms with E-state index in [1.807, 2.05) is 0 Å². The van der Waals surface area contributed by atoms with Gasteiger partial charge in [0.25, 0.3) is 0 Å². The molecule has 1 aliphatic carbocycles. The third kappa shape index (κ3) is 1.43. The van der Waals surface area contributed by atoms with Gasteiger partial charge in [0.05, 0.1) is 0 Å². The Morgan fingerprint density at radius 3 is 2.44 bits per heavy atom. The molecule has 0 amide bonds. The van der Waals surface area contributed by atoms with Gasteiger partial charge in [0, 0.05) is 6.04 Å². The molecular weight excluding hydrogens is 112 g/mol. The van der Waals surface area contributed by atoms with Gasteiger partial charge in [0.1, 0.15) is 0 Å². The molecule has 0 aromatic rings. The zero-order valence-electron chi connectivity index (χ0n) is 6.22. The number of hydrogen-bond donors (Lipinski definition) is 2. The lowest BCUT2D eigenvalue weighted by atomic mass is 10.1. The van der Waals surface area contributed by atoms with Crippen molar-refractivity contribution in [2.75, 3.05) is 0 Å². The molecule has 1 fully saturated rings. The van der Waals surface area contributed by atoms with Crippen LogP contribution >= 0.6 is 0 Å². The molecule has 9 heavy (non-hydrogen) atoms. The Morgan fingerprint density at radius 1 is 1.78 bits per heavy atom. The molecule has 0 aliphatic heterocycles. The highest BCUT2D eigenvalue weighted by Crippen LogP contribution is 2.41. The van der Waals surface area contributed by atoms with E-state index >= 15 is 0 Å². The largest absolute Gasteiger partial charge is 0.271 e. The van der Waals surface area contributed by atoms with Crippen molar-refractivity contribution in [3.05, 3.63) is 0 Å². The van der Waals surface area contributed by atoms with Crippen molar-refractivity contribution < 1.29 is 0 Å². The van der Waals surface area contributed by atoms with Crippen molar-refractivity contribution in [2.24, 2.45) is 17.7 Å². The normalized spacial score (nSPS) is 36.3. The molecule has 54 valence electrons. The first kappa shape index (κ1) is 7.03. The van der Waals surface area contributed by atoms with Gasteiger partial charge >= 0.3 is 0 Å². The van der Waals surface area contributed by atoms with Crippen LogP contribution in [0.15, 0.2) is 0 Å². The minimum atomic E-state index is 0.569. The second-order valence-corrected chi connectivity index (χ2v) is 3.06. The summed E-state index contributed by atoms with van der Waals surface area (Å²) in [5, 5.41) is 0. The van der Waals surface area contributed by atoms with Crippen LogP contribution in [0.5, 0.6) is 0 Å². The van der Waals surface area contributed by atoms with Gasteiger partial charge in [0.15, 0.2) is 0 Å². The summed E-state index contributed by atoms with van der Waals surface area (Å²) in [7, 11) is 0. The predicted octanol–water partition coefficient (Wildman–Crippen LogP) is 0.884. The molecule has 3 unspecified atom stereocenters. The summed E-state index contributed by atoms with van der Waals surface area (Å²) >= 11 is 0. The van der Waals surface area contributed by atoms with Crippen LogP contribution in [-0.4, -0.2) is 6.04 Å². The summed E-state index contributed by atoms with van der Waals surface area (Å²) in [5.74, 6) is 7.11. The molecule has 1 rings (SSSR count). The Morgan fingerprint density at radius 2 is 2.33 bits per heavy atom. The highest BCUT2D eigenvalue weighted by molar-refractivity contribution is 4.90. The lowest BCUT2D eigenvalue weighted by Crippen LogP contribution is -2.36. The molecule has 1 saturated carbocycles. The van der Waals surface area contributed by atoms with Crippen molar-refractivity contribution >= 4 is 0 Å². The average molecular weight is 128 g/mol. The fraction of sp³-hybridized carbons (Fsp3) is 1.00. The van der Waals surface area contributed by atoms with Crippen molar-refractivity contribution in [1.29, 1.82) is 0 Å². The number of rotatable bonds is 3. The van der Waals surface area contributed by atoms with Crippen LogP contribution < -0.4 is 11.3 Å². The van der Waals surface area contributed by atoms with Crippen LogP contribution in [0.2, 0.25) is 0 Å². The maximum Gasteiger partial charge on any atom is 0.0238 e. The Bertz CT molecular complexity index is 88.9. The van der Waals surface area contributed by atoms with Gasteiger partial charge in [-0.1, -0.05) is 13.8 Å². The van der Waals surface area contributed by atoms with Crippen LogP contribution in [0.25, 0.3) is 0 Å². The average Bonchev–Trinajstić information content (AvgIpc) is 2.51. The summed E-state index contributed by atoms with van der Waals surface area (Å²) in [6.45, 7) is 4.46. The van der Waals surface area contributed by atoms with Crippen molar-refractivity contribution in [1.82, 2.24) is 5.43 Å². The predicted molar refractivity (Wildman–Crippen MR) is 38.7 cm³/mol. The maximum atomic E-state index is 5.34. The minimum Gasteiger partial charge on any atom is -0.271 e. The van der Waals surface area contributed by atoms with Crippen LogP contribution in [-0.2, 0) is 0 Å². The minimum absolute atomic E-state index is 0.569. The van der Waals surface area contributed by atoms with Crippen molar-refractivity contribution in [3.8, 4) is 0 Å². The summed E-state index contributed by atoms with van der Waals surface area (Å²) in [6.07, 6.45) is 2.52. The van der Waals surface area contributed by atoms with Crippen molar-refractivity contribution in [2.45, 2.75) is 32.7 Å². The quantitative estimate of drug-likeness (QED) is 0.437. The zero-order valence-corrected chi connectivity index (χ0v) is 6.22. The number of hydrazine groups is 1. The first-order valence-electron chi connectivity index (χ1n) is 3.75. The Balaban J connectivity index is 2.23. The van der Waals surface area contributed by atoms with E-state index in [0.717, 1.165) is 18.3 Å². The number of nitrogens with one attached hydrogen (secondary N) is 1. The Hall–Kier alpha value is -0.0800. The smallest absolute Gasteiger partial charge is 0.0238 e. The van der Waals surface area contributed by atoms with Gasteiger partial charge < -0.3 is 0 Å². The molecule has 1 aliphatic rings. The van der Waals surface area contributed by atoms with E-state index in [1.165, 1.54) is 6.42 Å². The maximum absolute atomic E-state index is 5.34. The molecule has 3 atom stereocenters.